The van der Waals surface area contributed by atoms with Crippen molar-refractivity contribution in [2.24, 2.45) is 29.2 Å². The Labute approximate surface area is 329 Å². The van der Waals surface area contributed by atoms with E-state index in [-0.39, 0.29) is 46.8 Å². The smallest absolute Gasteiger partial charge is 0.286 e. The third-order valence-corrected chi connectivity index (χ3v) is 14.0. The highest BCUT2D eigenvalue weighted by Crippen LogP contribution is 2.47. The first-order chi connectivity index (χ1) is 27.0. The van der Waals surface area contributed by atoms with Crippen molar-refractivity contribution in [3.05, 3.63) is 82.6 Å². The number of benzene rings is 2. The number of carbonyl (C=O) groups is 2. The van der Waals surface area contributed by atoms with E-state index in [0.717, 1.165) is 50.9 Å². The zero-order chi connectivity index (χ0) is 39.0. The number of hydrogen-bond donors (Lipinski definition) is 1. The van der Waals surface area contributed by atoms with Gasteiger partial charge in [-0.25, -0.2) is 4.21 Å². The summed E-state index contributed by atoms with van der Waals surface area (Å²) in [4.78, 5) is 30.5. The number of carbonyl (C=O) groups excluding carboxylic acids is 2. The average Bonchev–Trinajstić information content (AvgIpc) is 3.79. The van der Waals surface area contributed by atoms with Crippen LogP contribution in [0, 0.1) is 24.7 Å². The first-order valence-corrected chi connectivity index (χ1v) is 21.5. The monoisotopic (exact) mass is 787 g/mol. The van der Waals surface area contributed by atoms with Gasteiger partial charge < -0.3 is 28.6 Å². The predicted octanol–water partition coefficient (Wildman–Crippen LogP) is 5.54. The number of hydrogen-bond acceptors (Lipinski definition) is 10. The van der Waals surface area contributed by atoms with Crippen molar-refractivity contribution < 1.29 is 37.5 Å². The molecule has 3 aromatic rings. The van der Waals surface area contributed by atoms with Crippen LogP contribution in [0.1, 0.15) is 76.4 Å². The van der Waals surface area contributed by atoms with E-state index in [1.807, 2.05) is 19.1 Å². The van der Waals surface area contributed by atoms with Gasteiger partial charge in [-0.15, -0.1) is 9.46 Å². The molecule has 300 valence electrons. The first-order valence-electron chi connectivity index (χ1n) is 19.8. The van der Waals surface area contributed by atoms with E-state index in [2.05, 4.69) is 56.4 Å². The van der Waals surface area contributed by atoms with Crippen molar-refractivity contribution in [1.29, 1.82) is 0 Å². The van der Waals surface area contributed by atoms with Crippen LogP contribution in [0.25, 0.3) is 0 Å². The SMILES string of the molecule is CO[C@H]1/C=C/C[C@H](C)CS(=O)(NC(=O)c2cn(C)nc2OCC2OCCO2)=NC(=O)c2ccc3c(c2)N(C[C@@H]2CC[C@H]21)C[C@@]1(CCCc2cc(C)ccc21)CO3. The Morgan fingerprint density at radius 2 is 1.98 bits per heavy atom. The molecule has 2 amide bonds. The summed E-state index contributed by atoms with van der Waals surface area (Å²) in [6, 6.07) is 12.2. The van der Waals surface area contributed by atoms with Crippen LogP contribution in [0.2, 0.25) is 0 Å². The molecule has 8 rings (SSSR count). The fourth-order valence-electron chi connectivity index (χ4n) is 9.11. The van der Waals surface area contributed by atoms with Gasteiger partial charge in [0.1, 0.15) is 27.8 Å². The summed E-state index contributed by atoms with van der Waals surface area (Å²) >= 11 is 0. The molecule has 2 aliphatic carbocycles. The lowest BCUT2D eigenvalue weighted by atomic mass is 9.68. The van der Waals surface area contributed by atoms with Crippen molar-refractivity contribution in [2.45, 2.75) is 70.2 Å². The molecule has 5 aliphatic rings. The maximum atomic E-state index is 14.8. The maximum absolute atomic E-state index is 14.8. The minimum atomic E-state index is -3.65. The molecule has 1 saturated heterocycles. The van der Waals surface area contributed by atoms with Gasteiger partial charge in [-0.2, -0.15) is 0 Å². The van der Waals surface area contributed by atoms with Gasteiger partial charge in [-0.3, -0.25) is 19.0 Å². The van der Waals surface area contributed by atoms with E-state index in [1.54, 1.807) is 20.2 Å². The van der Waals surface area contributed by atoms with Crippen LogP contribution in [0.5, 0.6) is 11.6 Å². The van der Waals surface area contributed by atoms with Gasteiger partial charge in [0.2, 0.25) is 5.88 Å². The number of fused-ring (bicyclic) bond motifs is 4. The molecule has 2 aromatic carbocycles. The van der Waals surface area contributed by atoms with Gasteiger partial charge in [0.25, 0.3) is 11.8 Å². The minimum Gasteiger partial charge on any atom is -0.490 e. The summed E-state index contributed by atoms with van der Waals surface area (Å²) in [5, 5.41) is 4.29. The molecule has 56 heavy (non-hydrogen) atoms. The van der Waals surface area contributed by atoms with Gasteiger partial charge in [0.15, 0.2) is 6.29 Å². The number of aryl methyl sites for hydroxylation is 3. The Bertz CT molecular complexity index is 2120. The third-order valence-electron chi connectivity index (χ3n) is 12.0. The number of nitrogens with zero attached hydrogens (tertiary/aromatic N) is 4. The minimum absolute atomic E-state index is 0.0231. The van der Waals surface area contributed by atoms with Crippen LogP contribution in [0.15, 0.2) is 59.1 Å². The van der Waals surface area contributed by atoms with Crippen LogP contribution in [0.4, 0.5) is 5.69 Å². The lowest BCUT2D eigenvalue weighted by Crippen LogP contribution is -2.49. The standard InChI is InChI=1S/C42H53N5O8S/c1-27-10-14-34-29(19-27)8-6-16-42(34)25-47-21-31-11-13-32(31)36(51-4)9-5-7-28(2)24-56(50,44-39(48)30-12-15-37(55-26-42)35(47)20-30)45-40(49)33-22-46(3)43-41(33)54-23-38-52-17-18-53-38/h5,9-10,12,14-15,19-20,22,28,31-32,36,38H,6-8,11,13,16-18,21,23-26H2,1-4H3,(H,44,45,48,49,50)/b9-5+/t28-,31-,32+,36-,42-,56?/m0/s1. The maximum Gasteiger partial charge on any atom is 0.286 e. The molecule has 3 aliphatic heterocycles. The van der Waals surface area contributed by atoms with E-state index in [0.29, 0.717) is 43.8 Å². The van der Waals surface area contributed by atoms with Crippen molar-refractivity contribution >= 4 is 27.4 Å². The van der Waals surface area contributed by atoms with Gasteiger partial charge in [-0.1, -0.05) is 42.8 Å². The molecule has 2 fully saturated rings. The molecule has 1 saturated carbocycles. The lowest BCUT2D eigenvalue weighted by Gasteiger charge is -2.46. The molecule has 13 nitrogen and oxygen atoms in total. The molecular weight excluding hydrogens is 735 g/mol. The van der Waals surface area contributed by atoms with Crippen LogP contribution in [-0.2, 0) is 43.0 Å². The number of ether oxygens (including phenoxy) is 5. The topological polar surface area (TPSA) is 143 Å². The van der Waals surface area contributed by atoms with E-state index in [9.17, 15) is 13.8 Å². The van der Waals surface area contributed by atoms with Gasteiger partial charge in [0.05, 0.1) is 37.4 Å². The van der Waals surface area contributed by atoms with E-state index in [1.165, 1.54) is 27.6 Å². The Kier molecular flexibility index (Phi) is 11.0. The number of anilines is 1. The largest absolute Gasteiger partial charge is 0.490 e. The molecule has 1 N–H and O–H groups in total. The summed E-state index contributed by atoms with van der Waals surface area (Å²) in [5.41, 5.74) is 4.91. The highest BCUT2D eigenvalue weighted by Gasteiger charge is 2.44. The normalized spacial score (nSPS) is 29.9. The van der Waals surface area contributed by atoms with Crippen LogP contribution < -0.4 is 19.1 Å². The quantitative estimate of drug-likeness (QED) is 0.317. The van der Waals surface area contributed by atoms with Gasteiger partial charge >= 0.3 is 0 Å². The summed E-state index contributed by atoms with van der Waals surface area (Å²) < 4.78 is 52.7. The molecule has 1 spiro atoms. The van der Waals surface area contributed by atoms with E-state index in [4.69, 9.17) is 23.7 Å². The molecule has 2 bridgehead atoms. The Hall–Kier alpha value is -4.24. The zero-order valence-electron chi connectivity index (χ0n) is 32.7. The molecule has 6 atom stereocenters. The number of aromatic nitrogens is 2. The fourth-order valence-corrected chi connectivity index (χ4v) is 11.0. The number of allylic oxidation sites excluding steroid dienone is 1. The van der Waals surface area contributed by atoms with E-state index >= 15 is 0 Å². The Morgan fingerprint density at radius 3 is 2.77 bits per heavy atom. The van der Waals surface area contributed by atoms with Crippen LogP contribution in [0.3, 0.4) is 0 Å². The van der Waals surface area contributed by atoms with Gasteiger partial charge in [-0.05, 0) is 92.5 Å². The van der Waals surface area contributed by atoms with Crippen molar-refractivity contribution in [3.8, 4) is 11.6 Å². The van der Waals surface area contributed by atoms with Crippen LogP contribution in [-0.4, -0.2) is 90.6 Å². The second kappa shape index (κ2) is 16.0. The first kappa shape index (κ1) is 38.6. The summed E-state index contributed by atoms with van der Waals surface area (Å²) in [6.07, 6.45) is 10.8. The third kappa shape index (κ3) is 7.98. The van der Waals surface area contributed by atoms with Crippen LogP contribution >= 0.6 is 0 Å². The molecule has 14 heteroatoms. The number of nitrogens with one attached hydrogen (secondary N) is 1. The molecular formula is C42H53N5O8S. The van der Waals surface area contributed by atoms with E-state index < -0.39 is 28.0 Å². The summed E-state index contributed by atoms with van der Waals surface area (Å²) in [6.45, 7) is 7.05. The zero-order valence-corrected chi connectivity index (χ0v) is 33.6. The van der Waals surface area contributed by atoms with Crippen molar-refractivity contribution in [2.75, 3.05) is 57.3 Å². The molecule has 0 radical (unpaired) electrons. The highest BCUT2D eigenvalue weighted by atomic mass is 32.2. The number of rotatable bonds is 6. The Morgan fingerprint density at radius 1 is 1.14 bits per heavy atom. The summed E-state index contributed by atoms with van der Waals surface area (Å²) in [7, 11) is -0.237. The van der Waals surface area contributed by atoms with Crippen molar-refractivity contribution in [3.63, 3.8) is 0 Å². The summed E-state index contributed by atoms with van der Waals surface area (Å²) in [5.74, 6) is -0.198. The molecule has 1 aromatic heterocycles. The highest BCUT2D eigenvalue weighted by molar-refractivity contribution is 7.92. The predicted molar refractivity (Wildman–Crippen MR) is 212 cm³/mol. The number of methoxy groups -OCH3 is 1. The average molecular weight is 788 g/mol. The van der Waals surface area contributed by atoms with Gasteiger partial charge in [0, 0.05) is 44.4 Å². The second-order valence-corrected chi connectivity index (χ2v) is 18.3. The fraction of sp³-hybridized carbons (Fsp3) is 0.548. The Balaban J connectivity index is 1.15. The second-order valence-electron chi connectivity index (χ2n) is 16.3. The van der Waals surface area contributed by atoms with Crippen molar-refractivity contribution in [1.82, 2.24) is 14.5 Å². The molecule has 1 unspecified atom stereocenters. The lowest BCUT2D eigenvalue weighted by molar-refractivity contribution is -0.0693. The molecule has 4 heterocycles. The number of amides is 2.